The molecular weight excluding hydrogens is 481 g/mol. The van der Waals surface area contributed by atoms with Gasteiger partial charge in [-0.05, 0) is 73.8 Å². The summed E-state index contributed by atoms with van der Waals surface area (Å²) in [5.74, 6) is 0.103. The number of nitrogens with one attached hydrogen (secondary N) is 2. The number of carbonyl (C=O) groups is 1. The summed E-state index contributed by atoms with van der Waals surface area (Å²) < 4.78 is 0. The molecule has 0 atom stereocenters. The highest BCUT2D eigenvalue weighted by atomic mass is 35.5. The van der Waals surface area contributed by atoms with Gasteiger partial charge < -0.3 is 5.32 Å². The largest absolute Gasteiger partial charge is 0.322 e. The summed E-state index contributed by atoms with van der Waals surface area (Å²) in [5.41, 5.74) is 4.52. The lowest BCUT2D eigenvalue weighted by Crippen LogP contribution is -2.33. The van der Waals surface area contributed by atoms with Gasteiger partial charge in [0, 0.05) is 40.0 Å². The van der Waals surface area contributed by atoms with Crippen LogP contribution in [0.15, 0.2) is 67.0 Å². The Hall–Kier alpha value is -3.19. The number of piperidine rings is 1. The van der Waals surface area contributed by atoms with Crippen molar-refractivity contribution >= 4 is 51.8 Å². The number of benzene rings is 2. The number of likely N-dealkylation sites (tertiary alicyclic amines) is 1. The van der Waals surface area contributed by atoms with Gasteiger partial charge in [0.2, 0.25) is 0 Å². The van der Waals surface area contributed by atoms with E-state index in [1.807, 2.05) is 42.6 Å². The molecule has 178 valence electrons. The van der Waals surface area contributed by atoms with Crippen molar-refractivity contribution in [3.63, 3.8) is 0 Å². The fourth-order valence-corrected chi connectivity index (χ4v) is 4.92. The second kappa shape index (κ2) is 10.6. The molecule has 0 spiro atoms. The molecule has 0 saturated carbocycles. The highest BCUT2D eigenvalue weighted by Gasteiger charge is 2.25. The van der Waals surface area contributed by atoms with E-state index < -0.39 is 0 Å². The Bertz CT molecular complexity index is 1360. The second-order valence-electron chi connectivity index (χ2n) is 8.71. The highest BCUT2D eigenvalue weighted by molar-refractivity contribution is 6.30. The molecule has 0 radical (unpaired) electrons. The molecule has 4 aromatic rings. The van der Waals surface area contributed by atoms with Crippen molar-refractivity contribution in [1.29, 1.82) is 0 Å². The van der Waals surface area contributed by atoms with Gasteiger partial charge in [0.25, 0.3) is 5.91 Å². The number of H-pyrrole nitrogens is 1. The summed E-state index contributed by atoms with van der Waals surface area (Å²) in [6.45, 7) is 2.86. The van der Waals surface area contributed by atoms with Crippen molar-refractivity contribution in [2.75, 3.05) is 25.0 Å². The van der Waals surface area contributed by atoms with Crippen LogP contribution in [-0.2, 0) is 0 Å². The lowest BCUT2D eigenvalue weighted by atomic mass is 9.87. The number of hydrogen-bond acceptors (Lipinski definition) is 4. The number of halogens is 2. The fourth-order valence-electron chi connectivity index (χ4n) is 4.62. The quantitative estimate of drug-likeness (QED) is 0.297. The maximum absolute atomic E-state index is 12.9. The van der Waals surface area contributed by atoms with Gasteiger partial charge >= 0.3 is 0 Å². The zero-order chi connectivity index (χ0) is 24.2. The van der Waals surface area contributed by atoms with Gasteiger partial charge in [0.1, 0.15) is 5.15 Å². The van der Waals surface area contributed by atoms with E-state index in [-0.39, 0.29) is 5.91 Å². The van der Waals surface area contributed by atoms with Gasteiger partial charge in [-0.2, -0.15) is 5.10 Å². The summed E-state index contributed by atoms with van der Waals surface area (Å²) in [5, 5.41) is 12.6. The first-order valence-electron chi connectivity index (χ1n) is 11.6. The first kappa shape index (κ1) is 23.5. The van der Waals surface area contributed by atoms with Gasteiger partial charge in [-0.15, -0.1) is 0 Å². The fraction of sp³-hybridized carbons (Fsp3) is 0.222. The topological polar surface area (TPSA) is 73.9 Å². The number of rotatable bonds is 6. The maximum Gasteiger partial charge on any atom is 0.255 e. The Kier molecular flexibility index (Phi) is 7.13. The molecule has 0 aliphatic carbocycles. The molecule has 1 aliphatic heterocycles. The van der Waals surface area contributed by atoms with E-state index in [0.29, 0.717) is 16.6 Å². The zero-order valence-electron chi connectivity index (χ0n) is 19.0. The van der Waals surface area contributed by atoms with Crippen molar-refractivity contribution in [2.24, 2.45) is 0 Å². The molecule has 1 fully saturated rings. The molecule has 0 unspecified atom stereocenters. The minimum Gasteiger partial charge on any atom is -0.322 e. The smallest absolute Gasteiger partial charge is 0.255 e. The maximum atomic E-state index is 12.9. The average molecular weight is 506 g/mol. The van der Waals surface area contributed by atoms with Gasteiger partial charge in [-0.25, -0.2) is 4.98 Å². The van der Waals surface area contributed by atoms with Crippen LogP contribution in [0.2, 0.25) is 10.2 Å². The summed E-state index contributed by atoms with van der Waals surface area (Å²) in [7, 11) is 0. The molecule has 3 heterocycles. The van der Waals surface area contributed by atoms with Crippen LogP contribution in [0.3, 0.4) is 0 Å². The van der Waals surface area contributed by atoms with E-state index in [1.165, 1.54) is 6.20 Å². The number of hydrogen-bond donors (Lipinski definition) is 2. The van der Waals surface area contributed by atoms with Gasteiger partial charge in [0.05, 0.1) is 11.7 Å². The van der Waals surface area contributed by atoms with Gasteiger partial charge in [-0.1, -0.05) is 47.5 Å². The van der Waals surface area contributed by atoms with E-state index in [2.05, 4.69) is 37.6 Å². The standard InChI is InChI=1S/C27H25Cl2N5O/c28-22-6-3-18(4-7-22)2-1-13-34-14-10-19(11-15-34)25-23(8-5-21-17-31-33-26(21)25)32-27(35)20-9-12-30-24(29)16-20/h1-9,12,16-17,19H,10-11,13-15H2,(H,31,33)(H,32,35)/b2-1+. The minimum absolute atomic E-state index is 0.209. The second-order valence-corrected chi connectivity index (χ2v) is 9.53. The third kappa shape index (κ3) is 5.56. The van der Waals surface area contributed by atoms with Crippen LogP contribution >= 0.6 is 23.2 Å². The van der Waals surface area contributed by atoms with Crippen molar-refractivity contribution in [3.8, 4) is 0 Å². The van der Waals surface area contributed by atoms with Crippen LogP contribution < -0.4 is 5.32 Å². The van der Waals surface area contributed by atoms with Crippen LogP contribution in [0.1, 0.15) is 40.2 Å². The van der Waals surface area contributed by atoms with E-state index >= 15 is 0 Å². The lowest BCUT2D eigenvalue weighted by molar-refractivity contribution is 0.102. The van der Waals surface area contributed by atoms with E-state index in [1.54, 1.807) is 12.1 Å². The van der Waals surface area contributed by atoms with Gasteiger partial charge in [0.15, 0.2) is 0 Å². The van der Waals surface area contributed by atoms with Crippen LogP contribution in [0.4, 0.5) is 5.69 Å². The SMILES string of the molecule is O=C(Nc1ccc2cn[nH]c2c1C1CCN(C/C=C/c2ccc(Cl)cc2)CC1)c1ccnc(Cl)c1. The number of pyridine rings is 1. The Labute approximate surface area is 214 Å². The van der Waals surface area contributed by atoms with E-state index in [4.69, 9.17) is 23.2 Å². The van der Waals surface area contributed by atoms with E-state index in [0.717, 1.165) is 65.2 Å². The number of carbonyl (C=O) groups excluding carboxylic acids is 1. The molecule has 5 rings (SSSR count). The number of aromatic amines is 1. The molecule has 2 aromatic carbocycles. The van der Waals surface area contributed by atoms with Gasteiger partial charge in [-0.3, -0.25) is 14.8 Å². The van der Waals surface area contributed by atoms with Crippen LogP contribution in [0, 0.1) is 0 Å². The third-order valence-corrected chi connectivity index (χ3v) is 6.89. The van der Waals surface area contributed by atoms with Crippen molar-refractivity contribution in [3.05, 3.63) is 93.9 Å². The molecule has 6 nitrogen and oxygen atoms in total. The molecule has 35 heavy (non-hydrogen) atoms. The highest BCUT2D eigenvalue weighted by Crippen LogP contribution is 2.37. The number of nitrogens with zero attached hydrogens (tertiary/aromatic N) is 3. The predicted molar refractivity (Wildman–Crippen MR) is 142 cm³/mol. The number of anilines is 1. The summed E-state index contributed by atoms with van der Waals surface area (Å²) >= 11 is 11.9. The average Bonchev–Trinajstić information content (AvgIpc) is 3.35. The number of aromatic nitrogens is 3. The molecule has 1 saturated heterocycles. The number of fused-ring (bicyclic) bond motifs is 1. The van der Waals surface area contributed by atoms with Crippen LogP contribution in [0.25, 0.3) is 17.0 Å². The minimum atomic E-state index is -0.209. The molecule has 8 heteroatoms. The summed E-state index contributed by atoms with van der Waals surface area (Å²) in [6.07, 6.45) is 9.68. The third-order valence-electron chi connectivity index (χ3n) is 6.43. The Morgan fingerprint density at radius 3 is 2.69 bits per heavy atom. The molecule has 1 aliphatic rings. The molecule has 2 aromatic heterocycles. The molecular formula is C27H25Cl2N5O. The first-order chi connectivity index (χ1) is 17.1. The lowest BCUT2D eigenvalue weighted by Gasteiger charge is -2.32. The molecule has 0 bridgehead atoms. The Morgan fingerprint density at radius 1 is 1.11 bits per heavy atom. The van der Waals surface area contributed by atoms with Crippen LogP contribution in [0.5, 0.6) is 0 Å². The Balaban J connectivity index is 1.29. The van der Waals surface area contributed by atoms with Crippen LogP contribution in [-0.4, -0.2) is 45.6 Å². The van der Waals surface area contributed by atoms with E-state index in [9.17, 15) is 4.79 Å². The predicted octanol–water partition coefficient (Wildman–Crippen LogP) is 6.41. The van der Waals surface area contributed by atoms with Crippen molar-refractivity contribution in [1.82, 2.24) is 20.1 Å². The number of amides is 1. The van der Waals surface area contributed by atoms with Crippen molar-refractivity contribution < 1.29 is 4.79 Å². The summed E-state index contributed by atoms with van der Waals surface area (Å²) in [4.78, 5) is 19.3. The molecule has 1 amide bonds. The summed E-state index contributed by atoms with van der Waals surface area (Å²) in [6, 6.07) is 15.0. The van der Waals surface area contributed by atoms with Crippen molar-refractivity contribution in [2.45, 2.75) is 18.8 Å². The Morgan fingerprint density at radius 2 is 1.91 bits per heavy atom. The molecule has 2 N–H and O–H groups in total. The monoisotopic (exact) mass is 505 g/mol. The zero-order valence-corrected chi connectivity index (χ0v) is 20.6. The normalized spacial score (nSPS) is 15.1. The first-order valence-corrected chi connectivity index (χ1v) is 12.4.